The summed E-state index contributed by atoms with van der Waals surface area (Å²) in [6, 6.07) is -0.295. The average Bonchev–Trinajstić information content (AvgIpc) is 1.88. The van der Waals surface area contributed by atoms with Crippen molar-refractivity contribution >= 4 is 18.4 Å². The minimum Gasteiger partial charge on any atom is -0.480 e. The van der Waals surface area contributed by atoms with Gasteiger partial charge in [-0.25, -0.2) is 0 Å². The largest absolute Gasteiger partial charge is 0.480 e. The Bertz CT molecular complexity index is 132. The number of hydrogen-bond donors (Lipinski definition) is 2. The Morgan fingerprint density at radius 2 is 2.18 bits per heavy atom. The molecule has 0 amide bonds. The van der Waals surface area contributed by atoms with E-state index in [0.29, 0.717) is 5.92 Å². The first kappa shape index (κ1) is 10.7. The van der Waals surface area contributed by atoms with E-state index in [-0.39, 0.29) is 18.4 Å². The number of piperidine rings is 1. The summed E-state index contributed by atoms with van der Waals surface area (Å²) in [5.74, 6) is -0.0810. The molecule has 11 heavy (non-hydrogen) atoms. The van der Waals surface area contributed by atoms with E-state index in [4.69, 9.17) is 5.11 Å². The molecule has 1 aliphatic rings. The molecular weight excluding hydrogens is 166 g/mol. The third-order valence-electron chi connectivity index (χ3n) is 1.96. The molecule has 0 saturated carbocycles. The van der Waals surface area contributed by atoms with Crippen LogP contribution in [0.3, 0.4) is 0 Å². The molecule has 0 aromatic carbocycles. The van der Waals surface area contributed by atoms with Gasteiger partial charge in [0.15, 0.2) is 0 Å². The Hall–Kier alpha value is -0.280. The van der Waals surface area contributed by atoms with Gasteiger partial charge in [-0.2, -0.15) is 0 Å². The molecule has 66 valence electrons. The van der Waals surface area contributed by atoms with Crippen LogP contribution in [0.25, 0.3) is 0 Å². The zero-order chi connectivity index (χ0) is 7.56. The van der Waals surface area contributed by atoms with E-state index in [1.54, 1.807) is 0 Å². The fraction of sp³-hybridized carbons (Fsp3) is 0.857. The van der Waals surface area contributed by atoms with Crippen LogP contribution in [0, 0.1) is 5.92 Å². The summed E-state index contributed by atoms with van der Waals surface area (Å²) >= 11 is 0. The summed E-state index contributed by atoms with van der Waals surface area (Å²) in [5.41, 5.74) is 0. The number of hydrogen-bond acceptors (Lipinski definition) is 2. The van der Waals surface area contributed by atoms with Crippen molar-refractivity contribution in [1.82, 2.24) is 5.32 Å². The van der Waals surface area contributed by atoms with Gasteiger partial charge in [-0.3, -0.25) is 4.79 Å². The van der Waals surface area contributed by atoms with Crippen LogP contribution in [-0.2, 0) is 4.79 Å². The molecule has 0 spiro atoms. The Kier molecular flexibility index (Phi) is 4.45. The van der Waals surface area contributed by atoms with Gasteiger partial charge in [0.2, 0.25) is 0 Å². The lowest BCUT2D eigenvalue weighted by atomic mass is 9.97. The van der Waals surface area contributed by atoms with E-state index in [1.165, 1.54) is 0 Å². The van der Waals surface area contributed by atoms with Crippen LogP contribution in [0.2, 0.25) is 0 Å². The minimum atomic E-state index is -0.716. The van der Waals surface area contributed by atoms with Crippen molar-refractivity contribution in [1.29, 1.82) is 0 Å². The van der Waals surface area contributed by atoms with Gasteiger partial charge in [0.25, 0.3) is 0 Å². The normalized spacial score (nSPS) is 30.6. The summed E-state index contributed by atoms with van der Waals surface area (Å²) in [6.45, 7) is 2.97. The van der Waals surface area contributed by atoms with Crippen LogP contribution in [0.4, 0.5) is 0 Å². The van der Waals surface area contributed by atoms with Gasteiger partial charge in [-0.15, -0.1) is 12.4 Å². The Labute approximate surface area is 72.6 Å². The van der Waals surface area contributed by atoms with E-state index in [9.17, 15) is 4.79 Å². The lowest BCUT2D eigenvalue weighted by molar-refractivity contribution is -0.140. The van der Waals surface area contributed by atoms with Gasteiger partial charge >= 0.3 is 5.97 Å². The van der Waals surface area contributed by atoms with E-state index >= 15 is 0 Å². The number of carboxylic acids is 1. The Morgan fingerprint density at radius 3 is 2.55 bits per heavy atom. The monoisotopic (exact) mass is 179 g/mol. The Morgan fingerprint density at radius 1 is 1.55 bits per heavy atom. The summed E-state index contributed by atoms with van der Waals surface area (Å²) in [5, 5.41) is 11.5. The van der Waals surface area contributed by atoms with Crippen molar-refractivity contribution in [2.75, 3.05) is 6.54 Å². The zero-order valence-electron chi connectivity index (χ0n) is 6.54. The second-order valence-corrected chi connectivity index (χ2v) is 2.98. The first-order chi connectivity index (χ1) is 4.70. The predicted octanol–water partition coefficient (Wildman–Crippen LogP) is 0.881. The standard InChI is InChI=1S/C7H13NO2.ClH/c1-5-2-3-6(7(9)10)8-4-5;/h5-6,8H,2-4H2,1H3,(H,9,10);1H/t5-,6?;/m0./s1. The number of aliphatic carboxylic acids is 1. The molecule has 2 atom stereocenters. The molecule has 3 nitrogen and oxygen atoms in total. The zero-order valence-corrected chi connectivity index (χ0v) is 7.36. The highest BCUT2D eigenvalue weighted by molar-refractivity contribution is 5.85. The number of halogens is 1. The molecule has 1 unspecified atom stereocenters. The van der Waals surface area contributed by atoms with Crippen LogP contribution in [-0.4, -0.2) is 23.7 Å². The second-order valence-electron chi connectivity index (χ2n) is 2.98. The molecule has 1 heterocycles. The lowest BCUT2D eigenvalue weighted by Crippen LogP contribution is -2.43. The molecule has 0 radical (unpaired) electrons. The molecule has 1 aliphatic heterocycles. The van der Waals surface area contributed by atoms with Crippen molar-refractivity contribution in [3.8, 4) is 0 Å². The van der Waals surface area contributed by atoms with Crippen molar-refractivity contribution in [3.05, 3.63) is 0 Å². The predicted molar refractivity (Wildman–Crippen MR) is 45.1 cm³/mol. The highest BCUT2D eigenvalue weighted by Gasteiger charge is 2.22. The number of carbonyl (C=O) groups is 1. The highest BCUT2D eigenvalue weighted by atomic mass is 35.5. The van der Waals surface area contributed by atoms with E-state index < -0.39 is 5.97 Å². The van der Waals surface area contributed by atoms with Crippen molar-refractivity contribution in [2.45, 2.75) is 25.8 Å². The van der Waals surface area contributed by atoms with Crippen LogP contribution >= 0.6 is 12.4 Å². The quantitative estimate of drug-likeness (QED) is 0.629. The SMILES string of the molecule is C[C@H]1CCC(C(=O)O)NC1.Cl. The number of nitrogens with one attached hydrogen (secondary N) is 1. The fourth-order valence-electron chi connectivity index (χ4n) is 1.21. The van der Waals surface area contributed by atoms with Gasteiger partial charge in [0.1, 0.15) is 6.04 Å². The topological polar surface area (TPSA) is 49.3 Å². The Balaban J connectivity index is 0.000001000. The first-order valence-electron chi connectivity index (χ1n) is 3.66. The first-order valence-corrected chi connectivity index (χ1v) is 3.66. The van der Waals surface area contributed by atoms with Crippen LogP contribution < -0.4 is 5.32 Å². The third kappa shape index (κ3) is 3.08. The molecule has 4 heteroatoms. The molecule has 0 aromatic rings. The fourth-order valence-corrected chi connectivity index (χ4v) is 1.21. The van der Waals surface area contributed by atoms with Gasteiger partial charge < -0.3 is 10.4 Å². The maximum absolute atomic E-state index is 10.4. The van der Waals surface area contributed by atoms with E-state index in [1.807, 2.05) is 0 Å². The van der Waals surface area contributed by atoms with Gasteiger partial charge in [-0.1, -0.05) is 6.92 Å². The van der Waals surface area contributed by atoms with Gasteiger partial charge in [0, 0.05) is 0 Å². The van der Waals surface area contributed by atoms with Crippen molar-refractivity contribution < 1.29 is 9.90 Å². The highest BCUT2D eigenvalue weighted by Crippen LogP contribution is 2.12. The van der Waals surface area contributed by atoms with Gasteiger partial charge in [0.05, 0.1) is 0 Å². The van der Waals surface area contributed by atoms with Crippen molar-refractivity contribution in [3.63, 3.8) is 0 Å². The minimum absolute atomic E-state index is 0. The summed E-state index contributed by atoms with van der Waals surface area (Å²) in [6.07, 6.45) is 1.81. The lowest BCUT2D eigenvalue weighted by Gasteiger charge is -2.24. The van der Waals surface area contributed by atoms with Crippen LogP contribution in [0.1, 0.15) is 19.8 Å². The van der Waals surface area contributed by atoms with Crippen molar-refractivity contribution in [2.24, 2.45) is 5.92 Å². The smallest absolute Gasteiger partial charge is 0.320 e. The van der Waals surface area contributed by atoms with E-state index in [2.05, 4.69) is 12.2 Å². The second kappa shape index (κ2) is 4.57. The molecule has 1 saturated heterocycles. The molecule has 0 aromatic heterocycles. The summed E-state index contributed by atoms with van der Waals surface area (Å²) in [4.78, 5) is 10.4. The average molecular weight is 180 g/mol. The third-order valence-corrected chi connectivity index (χ3v) is 1.96. The number of rotatable bonds is 1. The molecule has 2 N–H and O–H groups in total. The molecule has 0 bridgehead atoms. The molecule has 1 fully saturated rings. The van der Waals surface area contributed by atoms with E-state index in [0.717, 1.165) is 19.4 Å². The van der Waals surface area contributed by atoms with Crippen LogP contribution in [0.5, 0.6) is 0 Å². The molecule has 0 aliphatic carbocycles. The maximum Gasteiger partial charge on any atom is 0.320 e. The summed E-state index contributed by atoms with van der Waals surface area (Å²) in [7, 11) is 0. The summed E-state index contributed by atoms with van der Waals surface area (Å²) < 4.78 is 0. The van der Waals surface area contributed by atoms with Crippen LogP contribution in [0.15, 0.2) is 0 Å². The number of carboxylic acid groups (broad SMARTS) is 1. The van der Waals surface area contributed by atoms with Gasteiger partial charge in [-0.05, 0) is 25.3 Å². The molecule has 1 rings (SSSR count). The molecular formula is C7H14ClNO2. The maximum atomic E-state index is 10.4.